The highest BCUT2D eigenvalue weighted by atomic mass is 32.2. The van der Waals surface area contributed by atoms with Gasteiger partial charge in [-0.1, -0.05) is 20.3 Å². The summed E-state index contributed by atoms with van der Waals surface area (Å²) in [5.74, 6) is -1.50. The van der Waals surface area contributed by atoms with Crippen LogP contribution in [0.25, 0.3) is 0 Å². The quantitative estimate of drug-likeness (QED) is 0.759. The third-order valence-corrected chi connectivity index (χ3v) is 7.49. The Morgan fingerprint density at radius 1 is 1.26 bits per heavy atom. The first-order chi connectivity index (χ1) is 12.8. The predicted octanol–water partition coefficient (Wildman–Crippen LogP) is 2.98. The van der Waals surface area contributed by atoms with E-state index in [1.807, 2.05) is 6.92 Å². The fraction of sp³-hybridized carbons (Fsp3) is 0.611. The van der Waals surface area contributed by atoms with Gasteiger partial charge in [-0.25, -0.2) is 22.0 Å². The molecule has 2 aliphatic rings. The number of benzene rings is 1. The van der Waals surface area contributed by atoms with Gasteiger partial charge in [0.25, 0.3) is 0 Å². The van der Waals surface area contributed by atoms with Crippen LogP contribution in [0.15, 0.2) is 23.1 Å². The summed E-state index contributed by atoms with van der Waals surface area (Å²) in [4.78, 5) is 13.3. The summed E-state index contributed by atoms with van der Waals surface area (Å²) in [7, 11) is -4.13. The van der Waals surface area contributed by atoms with Crippen molar-refractivity contribution >= 4 is 16.1 Å². The van der Waals surface area contributed by atoms with E-state index in [0.717, 1.165) is 22.9 Å². The first kappa shape index (κ1) is 20.0. The Morgan fingerprint density at radius 2 is 1.93 bits per heavy atom. The first-order valence-electron chi connectivity index (χ1n) is 9.16. The molecule has 0 aliphatic carbocycles. The predicted molar refractivity (Wildman–Crippen MR) is 94.6 cm³/mol. The number of sulfonamides is 1. The van der Waals surface area contributed by atoms with Gasteiger partial charge < -0.3 is 4.74 Å². The number of hydrogen-bond donors (Lipinski definition) is 0. The number of hydrogen-bond acceptors (Lipinski definition) is 4. The molecule has 3 rings (SSSR count). The molecule has 1 aromatic carbocycles. The molecule has 0 aromatic heterocycles. The van der Waals surface area contributed by atoms with Crippen molar-refractivity contribution in [2.75, 3.05) is 19.7 Å². The van der Waals surface area contributed by atoms with Gasteiger partial charge in [-0.2, -0.15) is 4.31 Å². The normalized spacial score (nSPS) is 23.5. The Labute approximate surface area is 158 Å². The minimum atomic E-state index is -4.13. The Bertz CT molecular complexity index is 810. The number of halogens is 2. The number of nitrogens with zero attached hydrogens (tertiary/aromatic N) is 2. The summed E-state index contributed by atoms with van der Waals surface area (Å²) < 4.78 is 59.1. The summed E-state index contributed by atoms with van der Waals surface area (Å²) in [5.41, 5.74) is 0. The van der Waals surface area contributed by atoms with E-state index in [1.54, 1.807) is 4.90 Å². The molecule has 27 heavy (non-hydrogen) atoms. The molecule has 2 heterocycles. The summed E-state index contributed by atoms with van der Waals surface area (Å²) in [6.07, 6.45) is 1.40. The second-order valence-electron chi connectivity index (χ2n) is 7.15. The maximum absolute atomic E-state index is 13.9. The van der Waals surface area contributed by atoms with E-state index in [9.17, 15) is 22.0 Å². The number of cyclic esters (lactones) is 1. The minimum absolute atomic E-state index is 0.0173. The van der Waals surface area contributed by atoms with E-state index in [-0.39, 0.29) is 37.2 Å². The molecular formula is C18H24F2N2O4S. The highest BCUT2D eigenvalue weighted by Gasteiger charge is 2.42. The molecular weight excluding hydrogens is 378 g/mol. The zero-order valence-electron chi connectivity index (χ0n) is 15.4. The maximum atomic E-state index is 13.9. The number of carbonyl (C=O) groups excluding carboxylic acids is 1. The van der Waals surface area contributed by atoms with Crippen LogP contribution in [0.4, 0.5) is 13.6 Å². The fourth-order valence-electron chi connectivity index (χ4n) is 3.75. The van der Waals surface area contributed by atoms with E-state index < -0.39 is 26.6 Å². The Kier molecular flexibility index (Phi) is 5.71. The van der Waals surface area contributed by atoms with Gasteiger partial charge in [-0.05, 0) is 37.0 Å². The standard InChI is InChI=1S/C18H24F2N2O4S/c1-3-12(2)16-11-26-18(23)22(16)14-6-8-21(9-7-14)27(24,25)17-10-13(19)4-5-15(17)20/h4-5,10,12,14,16H,3,6-9,11H2,1-2H3. The van der Waals surface area contributed by atoms with Gasteiger partial charge in [0.15, 0.2) is 0 Å². The van der Waals surface area contributed by atoms with Crippen LogP contribution in [0.1, 0.15) is 33.1 Å². The number of piperidine rings is 1. The van der Waals surface area contributed by atoms with E-state index in [4.69, 9.17) is 4.74 Å². The van der Waals surface area contributed by atoms with Gasteiger partial charge in [0.2, 0.25) is 10.0 Å². The van der Waals surface area contributed by atoms with Crippen molar-refractivity contribution in [2.24, 2.45) is 5.92 Å². The van der Waals surface area contributed by atoms with Crippen LogP contribution in [0.5, 0.6) is 0 Å². The number of amides is 1. The zero-order valence-corrected chi connectivity index (χ0v) is 16.2. The Balaban J connectivity index is 1.73. The molecule has 1 amide bonds. The molecule has 150 valence electrons. The van der Waals surface area contributed by atoms with Gasteiger partial charge in [0.1, 0.15) is 23.1 Å². The molecule has 0 bridgehead atoms. The van der Waals surface area contributed by atoms with Crippen LogP contribution in [0.3, 0.4) is 0 Å². The third kappa shape index (κ3) is 3.80. The zero-order chi connectivity index (χ0) is 19.8. The minimum Gasteiger partial charge on any atom is -0.447 e. The number of ether oxygens (including phenoxy) is 1. The summed E-state index contributed by atoms with van der Waals surface area (Å²) in [5, 5.41) is 0. The van der Waals surface area contributed by atoms with Crippen molar-refractivity contribution in [3.05, 3.63) is 29.8 Å². The van der Waals surface area contributed by atoms with Crippen LogP contribution >= 0.6 is 0 Å². The number of rotatable bonds is 5. The van der Waals surface area contributed by atoms with Crippen LogP contribution < -0.4 is 0 Å². The Morgan fingerprint density at radius 3 is 2.56 bits per heavy atom. The highest BCUT2D eigenvalue weighted by molar-refractivity contribution is 7.89. The van der Waals surface area contributed by atoms with Crippen molar-refractivity contribution in [1.82, 2.24) is 9.21 Å². The second-order valence-corrected chi connectivity index (χ2v) is 9.05. The van der Waals surface area contributed by atoms with Crippen molar-refractivity contribution in [3.63, 3.8) is 0 Å². The van der Waals surface area contributed by atoms with E-state index in [2.05, 4.69) is 6.92 Å². The van der Waals surface area contributed by atoms with Crippen molar-refractivity contribution in [3.8, 4) is 0 Å². The van der Waals surface area contributed by atoms with Gasteiger partial charge in [-0.3, -0.25) is 4.90 Å². The molecule has 2 saturated heterocycles. The topological polar surface area (TPSA) is 66.9 Å². The molecule has 0 N–H and O–H groups in total. The lowest BCUT2D eigenvalue weighted by molar-refractivity contribution is 0.114. The van der Waals surface area contributed by atoms with Crippen LogP contribution in [-0.2, 0) is 14.8 Å². The van der Waals surface area contributed by atoms with E-state index in [0.29, 0.717) is 25.5 Å². The lowest BCUT2D eigenvalue weighted by atomic mass is 9.95. The molecule has 2 fully saturated rings. The average Bonchev–Trinajstić information content (AvgIpc) is 3.04. The molecule has 0 spiro atoms. The van der Waals surface area contributed by atoms with Gasteiger partial charge in [0, 0.05) is 19.1 Å². The van der Waals surface area contributed by atoms with Gasteiger partial charge in [-0.15, -0.1) is 0 Å². The van der Waals surface area contributed by atoms with Crippen molar-refractivity contribution < 1.29 is 26.7 Å². The smallest absolute Gasteiger partial charge is 0.410 e. The lowest BCUT2D eigenvalue weighted by Crippen LogP contribution is -2.51. The average molecular weight is 402 g/mol. The first-order valence-corrected chi connectivity index (χ1v) is 10.6. The van der Waals surface area contributed by atoms with Crippen LogP contribution in [-0.4, -0.2) is 55.5 Å². The lowest BCUT2D eigenvalue weighted by Gasteiger charge is -2.38. The van der Waals surface area contributed by atoms with Crippen molar-refractivity contribution in [2.45, 2.75) is 50.1 Å². The SMILES string of the molecule is CCC(C)C1COC(=O)N1C1CCN(S(=O)(=O)c2cc(F)ccc2F)CC1. The molecule has 6 nitrogen and oxygen atoms in total. The molecule has 1 aromatic rings. The monoisotopic (exact) mass is 402 g/mol. The van der Waals surface area contributed by atoms with Gasteiger partial charge >= 0.3 is 6.09 Å². The summed E-state index contributed by atoms with van der Waals surface area (Å²) in [6.45, 7) is 4.74. The fourth-order valence-corrected chi connectivity index (χ4v) is 5.30. The molecule has 0 saturated carbocycles. The highest BCUT2D eigenvalue weighted by Crippen LogP contribution is 2.31. The molecule has 2 atom stereocenters. The van der Waals surface area contributed by atoms with Crippen LogP contribution in [0, 0.1) is 17.6 Å². The second kappa shape index (κ2) is 7.71. The summed E-state index contributed by atoms with van der Waals surface area (Å²) >= 11 is 0. The van der Waals surface area contributed by atoms with E-state index in [1.165, 1.54) is 0 Å². The number of carbonyl (C=O) groups is 1. The molecule has 9 heteroatoms. The largest absolute Gasteiger partial charge is 0.447 e. The summed E-state index contributed by atoms with van der Waals surface area (Å²) in [6, 6.07) is 2.26. The van der Waals surface area contributed by atoms with Crippen LogP contribution in [0.2, 0.25) is 0 Å². The third-order valence-electron chi connectivity index (χ3n) is 5.57. The Hall–Kier alpha value is -1.74. The van der Waals surface area contributed by atoms with Gasteiger partial charge in [0.05, 0.1) is 6.04 Å². The van der Waals surface area contributed by atoms with Crippen molar-refractivity contribution in [1.29, 1.82) is 0 Å². The van der Waals surface area contributed by atoms with E-state index >= 15 is 0 Å². The maximum Gasteiger partial charge on any atom is 0.410 e. The molecule has 2 unspecified atom stereocenters. The molecule has 0 radical (unpaired) electrons. The molecule has 2 aliphatic heterocycles.